The number of amides is 1. The molecule has 5 heteroatoms. The number of halogens is 1. The third kappa shape index (κ3) is 1.83. The molecule has 1 fully saturated rings. The second-order valence-corrected chi connectivity index (χ2v) is 3.61. The van der Waals surface area contributed by atoms with Crippen molar-refractivity contribution in [2.24, 2.45) is 7.05 Å². The molecule has 13 heavy (non-hydrogen) atoms. The number of aryl methyl sites for hydroxylation is 1. The van der Waals surface area contributed by atoms with Crippen molar-refractivity contribution in [3.05, 3.63) is 16.9 Å². The number of carbonyl (C=O) groups is 1. The van der Waals surface area contributed by atoms with Gasteiger partial charge >= 0.3 is 0 Å². The molecule has 2 rings (SSSR count). The van der Waals surface area contributed by atoms with Crippen molar-refractivity contribution in [3.63, 3.8) is 0 Å². The molecule has 1 aliphatic carbocycles. The zero-order valence-corrected chi connectivity index (χ0v) is 8.01. The lowest BCUT2D eigenvalue weighted by Gasteiger charge is -1.99. The Morgan fingerprint density at radius 3 is 2.92 bits per heavy atom. The van der Waals surface area contributed by atoms with Gasteiger partial charge in [0.25, 0.3) is 5.91 Å². The van der Waals surface area contributed by atoms with Crippen molar-refractivity contribution < 1.29 is 4.79 Å². The lowest BCUT2D eigenvalue weighted by molar-refractivity contribution is 0.0951. The first-order valence-corrected chi connectivity index (χ1v) is 4.54. The van der Waals surface area contributed by atoms with E-state index in [2.05, 4.69) is 10.4 Å². The highest BCUT2D eigenvalue weighted by Gasteiger charge is 2.25. The van der Waals surface area contributed by atoms with Crippen molar-refractivity contribution >= 4 is 17.5 Å². The highest BCUT2D eigenvalue weighted by molar-refractivity contribution is 6.32. The Balaban J connectivity index is 2.13. The van der Waals surface area contributed by atoms with Crippen LogP contribution in [0.3, 0.4) is 0 Å². The summed E-state index contributed by atoms with van der Waals surface area (Å²) in [5, 5.41) is 6.99. The van der Waals surface area contributed by atoms with Crippen molar-refractivity contribution in [3.8, 4) is 0 Å². The van der Waals surface area contributed by atoms with Crippen LogP contribution in [0.25, 0.3) is 0 Å². The Morgan fingerprint density at radius 1 is 1.77 bits per heavy atom. The molecule has 0 aromatic carbocycles. The zero-order chi connectivity index (χ0) is 9.42. The maximum absolute atomic E-state index is 11.5. The van der Waals surface area contributed by atoms with Crippen LogP contribution >= 0.6 is 11.6 Å². The largest absolute Gasteiger partial charge is 0.349 e. The summed E-state index contributed by atoms with van der Waals surface area (Å²) in [4.78, 5) is 11.5. The van der Waals surface area contributed by atoms with Crippen LogP contribution in [0.4, 0.5) is 0 Å². The minimum absolute atomic E-state index is 0.124. The average molecular weight is 200 g/mol. The Kier molecular flexibility index (Phi) is 2.00. The van der Waals surface area contributed by atoms with E-state index in [0.29, 0.717) is 11.6 Å². The summed E-state index contributed by atoms with van der Waals surface area (Å²) in [6.45, 7) is 0. The predicted molar refractivity (Wildman–Crippen MR) is 48.7 cm³/mol. The van der Waals surface area contributed by atoms with Gasteiger partial charge in [0.1, 0.15) is 0 Å². The molecule has 0 saturated heterocycles. The molecule has 0 spiro atoms. The van der Waals surface area contributed by atoms with Crippen LogP contribution in [-0.4, -0.2) is 21.7 Å². The molecular weight excluding hydrogens is 190 g/mol. The highest BCUT2D eigenvalue weighted by atomic mass is 35.5. The van der Waals surface area contributed by atoms with Gasteiger partial charge < -0.3 is 5.32 Å². The van der Waals surface area contributed by atoms with Gasteiger partial charge in [0.2, 0.25) is 0 Å². The molecule has 70 valence electrons. The molecule has 0 atom stereocenters. The van der Waals surface area contributed by atoms with Gasteiger partial charge in [-0.25, -0.2) is 0 Å². The number of aromatic nitrogens is 2. The smallest absolute Gasteiger partial charge is 0.256 e. The topological polar surface area (TPSA) is 46.9 Å². The van der Waals surface area contributed by atoms with Crippen LogP contribution in [0.5, 0.6) is 0 Å². The molecule has 1 saturated carbocycles. The molecule has 0 aliphatic heterocycles. The number of carbonyl (C=O) groups excluding carboxylic acids is 1. The lowest BCUT2D eigenvalue weighted by atomic mass is 10.3. The Hall–Kier alpha value is -1.03. The summed E-state index contributed by atoms with van der Waals surface area (Å²) in [7, 11) is 1.74. The van der Waals surface area contributed by atoms with E-state index in [1.165, 1.54) is 4.68 Å². The fraction of sp³-hybridized carbons (Fsp3) is 0.500. The SMILES string of the molecule is Cn1cc(C(=O)NC2CC2)c(Cl)n1. The van der Waals surface area contributed by atoms with E-state index in [-0.39, 0.29) is 11.1 Å². The van der Waals surface area contributed by atoms with Gasteiger partial charge in [-0.1, -0.05) is 11.6 Å². The number of nitrogens with zero attached hydrogens (tertiary/aromatic N) is 2. The molecule has 1 aromatic heterocycles. The van der Waals surface area contributed by atoms with E-state index in [0.717, 1.165) is 12.8 Å². The van der Waals surface area contributed by atoms with E-state index < -0.39 is 0 Å². The van der Waals surface area contributed by atoms with Gasteiger partial charge in [-0.15, -0.1) is 0 Å². The van der Waals surface area contributed by atoms with Gasteiger partial charge in [-0.3, -0.25) is 9.48 Å². The Morgan fingerprint density at radius 2 is 2.46 bits per heavy atom. The fourth-order valence-electron chi connectivity index (χ4n) is 1.10. The average Bonchev–Trinajstić information content (AvgIpc) is 2.77. The molecule has 1 amide bonds. The molecular formula is C8H10ClN3O. The van der Waals surface area contributed by atoms with Crippen molar-refractivity contribution in [2.75, 3.05) is 0 Å². The van der Waals surface area contributed by atoms with E-state index >= 15 is 0 Å². The molecule has 0 bridgehead atoms. The maximum atomic E-state index is 11.5. The van der Waals surface area contributed by atoms with Crippen molar-refractivity contribution in [1.29, 1.82) is 0 Å². The second-order valence-electron chi connectivity index (χ2n) is 3.25. The zero-order valence-electron chi connectivity index (χ0n) is 7.25. The molecule has 0 unspecified atom stereocenters. The minimum atomic E-state index is -0.124. The first-order chi connectivity index (χ1) is 6.16. The summed E-state index contributed by atoms with van der Waals surface area (Å²) in [5.41, 5.74) is 0.455. The normalized spacial score (nSPS) is 15.8. The summed E-state index contributed by atoms with van der Waals surface area (Å²) in [6, 6.07) is 0.351. The standard InChI is InChI=1S/C8H10ClN3O/c1-12-4-6(7(9)11-12)8(13)10-5-2-3-5/h4-5H,2-3H2,1H3,(H,10,13). The molecule has 0 radical (unpaired) electrons. The van der Waals surface area contributed by atoms with Gasteiger partial charge in [0.15, 0.2) is 5.15 Å². The monoisotopic (exact) mass is 199 g/mol. The van der Waals surface area contributed by atoms with Crippen LogP contribution in [0, 0.1) is 0 Å². The second kappa shape index (κ2) is 3.03. The summed E-state index contributed by atoms with van der Waals surface area (Å²) < 4.78 is 1.53. The van der Waals surface area contributed by atoms with E-state index in [1.807, 2.05) is 0 Å². The number of rotatable bonds is 2. The third-order valence-corrected chi connectivity index (χ3v) is 2.22. The van der Waals surface area contributed by atoms with Gasteiger partial charge in [-0.2, -0.15) is 5.10 Å². The Labute approximate surface area is 80.9 Å². The van der Waals surface area contributed by atoms with Crippen LogP contribution < -0.4 is 5.32 Å². The molecule has 1 N–H and O–H groups in total. The molecule has 1 heterocycles. The van der Waals surface area contributed by atoms with Gasteiger partial charge in [0, 0.05) is 19.3 Å². The first kappa shape index (κ1) is 8.56. The first-order valence-electron chi connectivity index (χ1n) is 4.17. The van der Waals surface area contributed by atoms with Gasteiger partial charge in [0.05, 0.1) is 5.56 Å². The molecule has 4 nitrogen and oxygen atoms in total. The quantitative estimate of drug-likeness (QED) is 0.772. The molecule has 1 aromatic rings. The number of hydrogen-bond acceptors (Lipinski definition) is 2. The maximum Gasteiger partial charge on any atom is 0.256 e. The summed E-state index contributed by atoms with van der Waals surface area (Å²) >= 11 is 5.75. The van der Waals surface area contributed by atoms with Crippen molar-refractivity contribution in [2.45, 2.75) is 18.9 Å². The highest BCUT2D eigenvalue weighted by Crippen LogP contribution is 2.20. The fourth-order valence-corrected chi connectivity index (χ4v) is 1.36. The van der Waals surface area contributed by atoms with E-state index in [9.17, 15) is 4.79 Å². The minimum Gasteiger partial charge on any atom is -0.349 e. The van der Waals surface area contributed by atoms with Crippen LogP contribution in [0.2, 0.25) is 5.15 Å². The van der Waals surface area contributed by atoms with Crippen LogP contribution in [-0.2, 0) is 7.05 Å². The Bertz CT molecular complexity index is 343. The van der Waals surface area contributed by atoms with E-state index in [1.54, 1.807) is 13.2 Å². The molecule has 1 aliphatic rings. The number of nitrogens with one attached hydrogen (secondary N) is 1. The van der Waals surface area contributed by atoms with Crippen LogP contribution in [0.1, 0.15) is 23.2 Å². The van der Waals surface area contributed by atoms with Gasteiger partial charge in [-0.05, 0) is 12.8 Å². The van der Waals surface area contributed by atoms with Crippen LogP contribution in [0.15, 0.2) is 6.20 Å². The van der Waals surface area contributed by atoms with Crippen molar-refractivity contribution in [1.82, 2.24) is 15.1 Å². The third-order valence-electron chi connectivity index (χ3n) is 1.94. The van der Waals surface area contributed by atoms with E-state index in [4.69, 9.17) is 11.6 Å². The predicted octanol–water partition coefficient (Wildman–Crippen LogP) is 0.966. The number of hydrogen-bond donors (Lipinski definition) is 1. The summed E-state index contributed by atoms with van der Waals surface area (Å²) in [6.07, 6.45) is 3.77. The summed E-state index contributed by atoms with van der Waals surface area (Å²) in [5.74, 6) is -0.124. The lowest BCUT2D eigenvalue weighted by Crippen LogP contribution is -2.25.